The summed E-state index contributed by atoms with van der Waals surface area (Å²) in [6, 6.07) is 11.1. The van der Waals surface area contributed by atoms with Crippen molar-refractivity contribution in [1.82, 2.24) is 9.88 Å². The molecule has 1 fully saturated rings. The summed E-state index contributed by atoms with van der Waals surface area (Å²) in [6.07, 6.45) is 5.83. The van der Waals surface area contributed by atoms with E-state index in [1.165, 1.54) is 37.9 Å². The minimum atomic E-state index is 0.591. The van der Waals surface area contributed by atoms with E-state index < -0.39 is 0 Å². The highest BCUT2D eigenvalue weighted by molar-refractivity contribution is 5.75. The third-order valence-corrected chi connectivity index (χ3v) is 4.99. The highest BCUT2D eigenvalue weighted by atomic mass is 16.4. The number of fused-ring (bicyclic) bond motifs is 1. The SMILES string of the molecule is CCNc1nc2ccc(CCc3ccc(CN4CCCCC4)o3)cc2o1. The fourth-order valence-electron chi connectivity index (χ4n) is 3.60. The van der Waals surface area contributed by atoms with Gasteiger partial charge in [0.2, 0.25) is 0 Å². The Balaban J connectivity index is 1.35. The van der Waals surface area contributed by atoms with Crippen LogP contribution in [0, 0.1) is 0 Å². The molecule has 5 heteroatoms. The number of benzene rings is 1. The first-order valence-corrected chi connectivity index (χ1v) is 9.73. The van der Waals surface area contributed by atoms with Gasteiger partial charge in [-0.15, -0.1) is 0 Å². The minimum absolute atomic E-state index is 0.591. The molecule has 4 rings (SSSR count). The molecule has 0 atom stereocenters. The molecule has 0 radical (unpaired) electrons. The van der Waals surface area contributed by atoms with Crippen molar-refractivity contribution in [2.75, 3.05) is 25.0 Å². The van der Waals surface area contributed by atoms with Gasteiger partial charge in [0.15, 0.2) is 5.58 Å². The molecule has 1 aliphatic heterocycles. The molecule has 0 bridgehead atoms. The normalized spacial score (nSPS) is 15.6. The maximum absolute atomic E-state index is 6.04. The van der Waals surface area contributed by atoms with Crippen molar-refractivity contribution >= 4 is 17.1 Å². The third-order valence-electron chi connectivity index (χ3n) is 4.99. The van der Waals surface area contributed by atoms with Crippen molar-refractivity contribution in [1.29, 1.82) is 0 Å². The van der Waals surface area contributed by atoms with Crippen LogP contribution in [0.15, 0.2) is 39.2 Å². The van der Waals surface area contributed by atoms with E-state index in [0.29, 0.717) is 6.01 Å². The molecule has 1 N–H and O–H groups in total. The third kappa shape index (κ3) is 4.10. The van der Waals surface area contributed by atoms with Crippen molar-refractivity contribution in [2.24, 2.45) is 0 Å². The summed E-state index contributed by atoms with van der Waals surface area (Å²) in [7, 11) is 0. The fraction of sp³-hybridized carbons (Fsp3) is 0.476. The predicted molar refractivity (Wildman–Crippen MR) is 103 cm³/mol. The van der Waals surface area contributed by atoms with Gasteiger partial charge in [0.25, 0.3) is 6.01 Å². The number of likely N-dealkylation sites (tertiary alicyclic amines) is 1. The largest absolute Gasteiger partial charge is 0.465 e. The van der Waals surface area contributed by atoms with E-state index in [9.17, 15) is 0 Å². The Morgan fingerprint density at radius 2 is 1.85 bits per heavy atom. The zero-order valence-electron chi connectivity index (χ0n) is 15.5. The lowest BCUT2D eigenvalue weighted by Crippen LogP contribution is -2.28. The van der Waals surface area contributed by atoms with E-state index in [1.54, 1.807) is 0 Å². The van der Waals surface area contributed by atoms with Crippen LogP contribution >= 0.6 is 0 Å². The van der Waals surface area contributed by atoms with Gasteiger partial charge in [0.1, 0.15) is 17.0 Å². The highest BCUT2D eigenvalue weighted by Crippen LogP contribution is 2.22. The molecule has 3 heterocycles. The number of oxazole rings is 1. The number of nitrogens with one attached hydrogen (secondary N) is 1. The summed E-state index contributed by atoms with van der Waals surface area (Å²) < 4.78 is 11.8. The van der Waals surface area contributed by atoms with Crippen LogP contribution in [0.4, 0.5) is 6.01 Å². The van der Waals surface area contributed by atoms with Crippen molar-refractivity contribution in [2.45, 2.75) is 45.6 Å². The molecule has 138 valence electrons. The van der Waals surface area contributed by atoms with Crippen LogP contribution in [0.25, 0.3) is 11.1 Å². The summed E-state index contributed by atoms with van der Waals surface area (Å²) in [5, 5.41) is 3.11. The van der Waals surface area contributed by atoms with Crippen LogP contribution in [0.3, 0.4) is 0 Å². The summed E-state index contributed by atoms with van der Waals surface area (Å²) in [4.78, 5) is 6.91. The lowest BCUT2D eigenvalue weighted by molar-refractivity contribution is 0.203. The molecular formula is C21H27N3O2. The number of anilines is 1. The molecule has 1 aromatic carbocycles. The molecule has 0 spiro atoms. The molecule has 1 aliphatic rings. The molecule has 3 aromatic rings. The Kier molecular flexibility index (Phi) is 5.25. The molecular weight excluding hydrogens is 326 g/mol. The number of hydrogen-bond acceptors (Lipinski definition) is 5. The molecule has 26 heavy (non-hydrogen) atoms. The van der Waals surface area contributed by atoms with Gasteiger partial charge in [0.05, 0.1) is 6.54 Å². The van der Waals surface area contributed by atoms with Gasteiger partial charge in [0, 0.05) is 13.0 Å². The predicted octanol–water partition coefficient (Wildman–Crippen LogP) is 4.62. The van der Waals surface area contributed by atoms with Crippen LogP contribution in [-0.4, -0.2) is 29.5 Å². The van der Waals surface area contributed by atoms with Crippen molar-refractivity contribution in [3.63, 3.8) is 0 Å². The first-order chi connectivity index (χ1) is 12.8. The van der Waals surface area contributed by atoms with Gasteiger partial charge in [-0.2, -0.15) is 4.98 Å². The smallest absolute Gasteiger partial charge is 0.295 e. The number of hydrogen-bond donors (Lipinski definition) is 1. The molecule has 0 amide bonds. The monoisotopic (exact) mass is 353 g/mol. The van der Waals surface area contributed by atoms with Crippen LogP contribution in [-0.2, 0) is 19.4 Å². The van der Waals surface area contributed by atoms with Gasteiger partial charge in [-0.3, -0.25) is 4.90 Å². The zero-order valence-corrected chi connectivity index (χ0v) is 15.5. The summed E-state index contributed by atoms with van der Waals surface area (Å²) in [5.74, 6) is 2.14. The first kappa shape index (κ1) is 17.2. The highest BCUT2D eigenvalue weighted by Gasteiger charge is 2.13. The van der Waals surface area contributed by atoms with Crippen LogP contribution in [0.1, 0.15) is 43.3 Å². The quantitative estimate of drug-likeness (QED) is 0.671. The van der Waals surface area contributed by atoms with E-state index >= 15 is 0 Å². The number of furan rings is 1. The first-order valence-electron chi connectivity index (χ1n) is 9.73. The molecule has 5 nitrogen and oxygen atoms in total. The standard InChI is InChI=1S/C21H27N3O2/c1-2-22-21-23-19-11-7-16(14-20(19)26-21)6-8-17-9-10-18(25-17)15-24-12-4-3-5-13-24/h7,9-11,14H,2-6,8,12-13,15H2,1H3,(H,22,23). The van der Waals surface area contributed by atoms with E-state index in [1.807, 2.05) is 13.0 Å². The Labute approximate surface area is 154 Å². The molecule has 2 aromatic heterocycles. The Hall–Kier alpha value is -2.27. The van der Waals surface area contributed by atoms with E-state index in [2.05, 4.69) is 39.5 Å². The van der Waals surface area contributed by atoms with E-state index in [4.69, 9.17) is 8.83 Å². The number of piperidine rings is 1. The molecule has 1 saturated heterocycles. The average Bonchev–Trinajstić information content (AvgIpc) is 3.27. The maximum Gasteiger partial charge on any atom is 0.295 e. The number of rotatable bonds is 7. The van der Waals surface area contributed by atoms with Crippen LogP contribution in [0.2, 0.25) is 0 Å². The van der Waals surface area contributed by atoms with Gasteiger partial charge in [-0.1, -0.05) is 12.5 Å². The van der Waals surface area contributed by atoms with Crippen LogP contribution < -0.4 is 5.32 Å². The van der Waals surface area contributed by atoms with Gasteiger partial charge >= 0.3 is 0 Å². The number of nitrogens with zero attached hydrogens (tertiary/aromatic N) is 2. The number of aryl methyl sites for hydroxylation is 2. The Morgan fingerprint density at radius 3 is 2.69 bits per heavy atom. The second-order valence-corrected chi connectivity index (χ2v) is 7.06. The van der Waals surface area contributed by atoms with Gasteiger partial charge < -0.3 is 14.2 Å². The van der Waals surface area contributed by atoms with Crippen molar-refractivity contribution < 1.29 is 8.83 Å². The lowest BCUT2D eigenvalue weighted by Gasteiger charge is -2.25. The second kappa shape index (κ2) is 7.96. The Bertz CT molecular complexity index is 846. The zero-order chi connectivity index (χ0) is 17.8. The van der Waals surface area contributed by atoms with Crippen LogP contribution in [0.5, 0.6) is 0 Å². The summed E-state index contributed by atoms with van der Waals surface area (Å²) in [5.41, 5.74) is 2.97. The maximum atomic E-state index is 6.04. The lowest BCUT2D eigenvalue weighted by atomic mass is 10.1. The topological polar surface area (TPSA) is 54.4 Å². The van der Waals surface area contributed by atoms with Gasteiger partial charge in [-0.25, -0.2) is 0 Å². The summed E-state index contributed by atoms with van der Waals surface area (Å²) in [6.45, 7) is 6.17. The average molecular weight is 353 g/mol. The van der Waals surface area contributed by atoms with Crippen molar-refractivity contribution in [3.8, 4) is 0 Å². The van der Waals surface area contributed by atoms with Gasteiger partial charge in [-0.05, 0) is 69.1 Å². The second-order valence-electron chi connectivity index (χ2n) is 7.06. The molecule has 0 unspecified atom stereocenters. The van der Waals surface area contributed by atoms with Crippen molar-refractivity contribution in [3.05, 3.63) is 47.4 Å². The fourth-order valence-corrected chi connectivity index (χ4v) is 3.60. The minimum Gasteiger partial charge on any atom is -0.465 e. The Morgan fingerprint density at radius 1 is 1.00 bits per heavy atom. The number of aromatic nitrogens is 1. The van der Waals surface area contributed by atoms with E-state index in [-0.39, 0.29) is 0 Å². The summed E-state index contributed by atoms with van der Waals surface area (Å²) >= 11 is 0. The van der Waals surface area contributed by atoms with E-state index in [0.717, 1.165) is 48.6 Å². The molecule has 0 saturated carbocycles. The molecule has 0 aliphatic carbocycles.